The molecule has 21 heavy (non-hydrogen) atoms. The van der Waals surface area contributed by atoms with Crippen LogP contribution < -0.4 is 4.74 Å². The van der Waals surface area contributed by atoms with Gasteiger partial charge in [0.05, 0.1) is 15.2 Å². The molecule has 0 saturated heterocycles. The lowest BCUT2D eigenvalue weighted by Gasteiger charge is -2.29. The molecule has 0 aliphatic carbocycles. The summed E-state index contributed by atoms with van der Waals surface area (Å²) in [4.78, 5) is 4.46. The smallest absolute Gasteiger partial charge is 0.158 e. The number of hydrogen-bond donors (Lipinski definition) is 0. The van der Waals surface area contributed by atoms with Crippen molar-refractivity contribution in [2.75, 3.05) is 11.9 Å². The maximum Gasteiger partial charge on any atom is 0.158 e. The van der Waals surface area contributed by atoms with Crippen LogP contribution in [-0.4, -0.2) is 16.9 Å². The number of ether oxygens (including phenoxy) is 1. The Bertz CT molecular complexity index is 623. The first-order valence-electron chi connectivity index (χ1n) is 6.98. The zero-order chi connectivity index (χ0) is 15.5. The summed E-state index contributed by atoms with van der Waals surface area (Å²) in [6, 6.07) is 5.81. The van der Waals surface area contributed by atoms with Gasteiger partial charge < -0.3 is 4.74 Å². The third-order valence-corrected chi connectivity index (χ3v) is 6.36. The van der Waals surface area contributed by atoms with E-state index in [1.807, 2.05) is 18.2 Å². The lowest BCUT2D eigenvalue weighted by molar-refractivity contribution is 0.158. The molecule has 2 nitrogen and oxygen atoms in total. The lowest BCUT2D eigenvalue weighted by atomic mass is 9.86. The maximum absolute atomic E-state index is 6.30. The van der Waals surface area contributed by atoms with Gasteiger partial charge in [0.2, 0.25) is 0 Å². The molecule has 1 aromatic carbocycles. The van der Waals surface area contributed by atoms with Crippen LogP contribution in [0.1, 0.15) is 26.7 Å². The van der Waals surface area contributed by atoms with Crippen molar-refractivity contribution in [3.8, 4) is 5.75 Å². The quantitative estimate of drug-likeness (QED) is 0.368. The summed E-state index contributed by atoms with van der Waals surface area (Å²) in [5.41, 5.74) is 0.995. The highest BCUT2D eigenvalue weighted by molar-refractivity contribution is 14.1. The Kier molecular flexibility index (Phi) is 6.15. The molecule has 0 N–H and O–H groups in total. The molecule has 0 atom stereocenters. The topological polar surface area (TPSA) is 22.1 Å². The number of nitrogens with zero attached hydrogens (tertiary/aromatic N) is 1. The van der Waals surface area contributed by atoms with Crippen LogP contribution in [0.5, 0.6) is 5.75 Å². The molecule has 0 aliphatic heterocycles. The van der Waals surface area contributed by atoms with E-state index >= 15 is 0 Å². The van der Waals surface area contributed by atoms with E-state index in [4.69, 9.17) is 16.3 Å². The summed E-state index contributed by atoms with van der Waals surface area (Å²) in [5.74, 6) is 0.836. The fourth-order valence-corrected chi connectivity index (χ4v) is 4.31. The molecule has 2 rings (SSSR count). The van der Waals surface area contributed by atoms with Crippen LogP contribution in [0.15, 0.2) is 24.4 Å². The van der Waals surface area contributed by atoms with Gasteiger partial charge in [0.1, 0.15) is 5.52 Å². The third kappa shape index (κ3) is 3.64. The van der Waals surface area contributed by atoms with Crippen molar-refractivity contribution in [3.63, 3.8) is 0 Å². The summed E-state index contributed by atoms with van der Waals surface area (Å²) >= 11 is 12.2. The number of benzene rings is 1. The van der Waals surface area contributed by atoms with Crippen LogP contribution in [0.25, 0.3) is 10.9 Å². The molecule has 2 aromatic rings. The predicted molar refractivity (Wildman–Crippen MR) is 102 cm³/mol. The minimum absolute atomic E-state index is 0.157. The molecule has 0 amide bonds. The number of aromatic nitrogens is 1. The van der Waals surface area contributed by atoms with Crippen LogP contribution in [0, 0.1) is 8.99 Å². The molecule has 0 saturated carbocycles. The van der Waals surface area contributed by atoms with Crippen molar-refractivity contribution in [3.05, 3.63) is 33.0 Å². The van der Waals surface area contributed by atoms with Crippen molar-refractivity contribution < 1.29 is 4.74 Å². The molecule has 1 heterocycles. The van der Waals surface area contributed by atoms with E-state index in [0.717, 1.165) is 38.4 Å². The predicted octanol–water partition coefficient (Wildman–Crippen LogP) is 6.07. The summed E-state index contributed by atoms with van der Waals surface area (Å²) < 4.78 is 7.18. The Hall–Kier alpha value is -0.0700. The molecule has 0 radical (unpaired) electrons. The number of pyridine rings is 1. The van der Waals surface area contributed by atoms with E-state index in [2.05, 4.69) is 57.4 Å². The summed E-state index contributed by atoms with van der Waals surface area (Å²) in [6.07, 6.45) is 3.92. The molecule has 114 valence electrons. The van der Waals surface area contributed by atoms with E-state index in [-0.39, 0.29) is 5.41 Å². The minimum atomic E-state index is 0.157. The first-order valence-corrected chi connectivity index (χ1v) is 9.56. The van der Waals surface area contributed by atoms with E-state index in [9.17, 15) is 0 Å². The average Bonchev–Trinajstić information content (AvgIpc) is 2.51. The van der Waals surface area contributed by atoms with Crippen molar-refractivity contribution in [2.45, 2.75) is 26.7 Å². The Morgan fingerprint density at radius 1 is 1.38 bits per heavy atom. The summed E-state index contributed by atoms with van der Waals surface area (Å²) in [5, 5.41) is 2.59. The van der Waals surface area contributed by atoms with Crippen LogP contribution in [0.3, 0.4) is 0 Å². The first kappa shape index (κ1) is 17.3. The number of alkyl halides is 1. The molecule has 0 aliphatic rings. The van der Waals surface area contributed by atoms with E-state index in [0.29, 0.717) is 11.6 Å². The largest absolute Gasteiger partial charge is 0.490 e. The molecule has 0 unspecified atom stereocenters. The monoisotopic (exact) mass is 481 g/mol. The maximum atomic E-state index is 6.30. The van der Waals surface area contributed by atoms with Gasteiger partial charge in [-0.25, -0.2) is 0 Å². The summed E-state index contributed by atoms with van der Waals surface area (Å²) in [7, 11) is 0. The molecule has 0 spiro atoms. The van der Waals surface area contributed by atoms with Gasteiger partial charge in [0.15, 0.2) is 5.75 Å². The van der Waals surface area contributed by atoms with E-state index in [1.165, 1.54) is 0 Å². The van der Waals surface area contributed by atoms with Gasteiger partial charge in [-0.15, -0.1) is 0 Å². The van der Waals surface area contributed by atoms with Crippen molar-refractivity contribution in [1.82, 2.24) is 4.98 Å². The molecular weight excluding hydrogens is 464 g/mol. The Labute approximate surface area is 152 Å². The van der Waals surface area contributed by atoms with Crippen LogP contribution in [0.4, 0.5) is 0 Å². The lowest BCUT2D eigenvalue weighted by Crippen LogP contribution is -2.29. The number of halogens is 3. The van der Waals surface area contributed by atoms with E-state index in [1.54, 1.807) is 6.20 Å². The fourth-order valence-electron chi connectivity index (χ4n) is 2.19. The third-order valence-electron chi connectivity index (χ3n) is 4.06. The zero-order valence-corrected chi connectivity index (χ0v) is 16.6. The normalized spacial score (nSPS) is 11.9. The molecule has 1 aromatic heterocycles. The summed E-state index contributed by atoms with van der Waals surface area (Å²) in [6.45, 7) is 5.09. The van der Waals surface area contributed by atoms with Gasteiger partial charge in [-0.1, -0.05) is 41.4 Å². The highest BCUT2D eigenvalue weighted by Crippen LogP contribution is 2.37. The van der Waals surface area contributed by atoms with Gasteiger partial charge in [-0.05, 0) is 53.6 Å². The highest BCUT2D eigenvalue weighted by atomic mass is 127. The molecule has 0 fully saturated rings. The van der Waals surface area contributed by atoms with Gasteiger partial charge in [0, 0.05) is 22.3 Å². The molecular formula is C16H18BrClINO. The van der Waals surface area contributed by atoms with Gasteiger partial charge in [-0.2, -0.15) is 0 Å². The number of fused-ring (bicyclic) bond motifs is 1. The fraction of sp³-hybridized carbons (Fsp3) is 0.438. The average molecular weight is 483 g/mol. The first-order chi connectivity index (χ1) is 10.1. The SMILES string of the molecule is CCC(CC)(CBr)COc1c(I)cc(Cl)c2cccnc12. The van der Waals surface area contributed by atoms with Crippen LogP contribution in [0.2, 0.25) is 5.02 Å². The number of rotatable bonds is 6. The zero-order valence-electron chi connectivity index (χ0n) is 12.1. The Balaban J connectivity index is 2.39. The van der Waals surface area contributed by atoms with Gasteiger partial charge >= 0.3 is 0 Å². The number of hydrogen-bond acceptors (Lipinski definition) is 2. The molecule has 0 bridgehead atoms. The van der Waals surface area contributed by atoms with E-state index < -0.39 is 0 Å². The van der Waals surface area contributed by atoms with Crippen molar-refractivity contribution in [2.24, 2.45) is 5.41 Å². The minimum Gasteiger partial charge on any atom is -0.490 e. The van der Waals surface area contributed by atoms with Gasteiger partial charge in [-0.3, -0.25) is 4.98 Å². The highest BCUT2D eigenvalue weighted by Gasteiger charge is 2.26. The van der Waals surface area contributed by atoms with Gasteiger partial charge in [0.25, 0.3) is 0 Å². The second-order valence-corrected chi connectivity index (χ2v) is 7.33. The van der Waals surface area contributed by atoms with Crippen LogP contribution >= 0.6 is 50.1 Å². The van der Waals surface area contributed by atoms with Crippen LogP contribution in [-0.2, 0) is 0 Å². The Morgan fingerprint density at radius 3 is 2.71 bits per heavy atom. The second-order valence-electron chi connectivity index (χ2n) is 5.20. The second kappa shape index (κ2) is 7.47. The standard InChI is InChI=1S/C16H18BrClINO/c1-3-16(4-2,9-17)10-21-15-13(19)8-12(18)11-6-5-7-20-14(11)15/h5-8H,3-4,9-10H2,1-2H3. The molecule has 5 heteroatoms. The Morgan fingerprint density at radius 2 is 2.10 bits per heavy atom. The van der Waals surface area contributed by atoms with Crippen molar-refractivity contribution >= 4 is 61.0 Å². The van der Waals surface area contributed by atoms with Crippen molar-refractivity contribution in [1.29, 1.82) is 0 Å².